The normalized spacial score (nSPS) is 16.2. The zero-order chi connectivity index (χ0) is 20.1. The number of hydrogen-bond acceptors (Lipinski definition) is 7. The van der Waals surface area contributed by atoms with Crippen LogP contribution >= 0.6 is 0 Å². The van der Waals surface area contributed by atoms with Gasteiger partial charge in [0.1, 0.15) is 23.2 Å². The van der Waals surface area contributed by atoms with E-state index < -0.39 is 11.9 Å². The van der Waals surface area contributed by atoms with E-state index in [-0.39, 0.29) is 29.4 Å². The molecule has 0 spiro atoms. The first-order chi connectivity index (χ1) is 13.6. The second-order valence-corrected chi connectivity index (χ2v) is 5.90. The van der Waals surface area contributed by atoms with E-state index in [2.05, 4.69) is 11.1 Å². The van der Waals surface area contributed by atoms with E-state index in [9.17, 15) is 10.1 Å². The van der Waals surface area contributed by atoms with Crippen LogP contribution in [-0.4, -0.2) is 24.7 Å². The molecule has 0 unspecified atom stereocenters. The smallest absolute Gasteiger partial charge is 0.338 e. The summed E-state index contributed by atoms with van der Waals surface area (Å²) < 4.78 is 16.2. The Bertz CT molecular complexity index is 973. The van der Waals surface area contributed by atoms with Crippen LogP contribution in [0.2, 0.25) is 0 Å². The molecule has 142 valence electrons. The Morgan fingerprint density at radius 1 is 1.32 bits per heavy atom. The van der Waals surface area contributed by atoms with Crippen molar-refractivity contribution in [3.05, 3.63) is 76.9 Å². The van der Waals surface area contributed by atoms with Gasteiger partial charge < -0.3 is 19.9 Å². The van der Waals surface area contributed by atoms with Crippen molar-refractivity contribution in [3.63, 3.8) is 0 Å². The van der Waals surface area contributed by atoms with Crippen molar-refractivity contribution >= 4 is 11.7 Å². The summed E-state index contributed by atoms with van der Waals surface area (Å²) in [5.74, 6) is -0.490. The third kappa shape index (κ3) is 3.53. The molecule has 0 saturated carbocycles. The first kappa shape index (κ1) is 19.0. The Balaban J connectivity index is 2.24. The average Bonchev–Trinajstić information content (AvgIpc) is 2.73. The molecular formula is C21H19N3O4. The summed E-state index contributed by atoms with van der Waals surface area (Å²) in [4.78, 5) is 17.0. The predicted molar refractivity (Wildman–Crippen MR) is 101 cm³/mol. The maximum atomic E-state index is 12.9. The van der Waals surface area contributed by atoms with Crippen molar-refractivity contribution in [2.45, 2.75) is 12.8 Å². The largest absolute Gasteiger partial charge is 0.497 e. The lowest BCUT2D eigenvalue weighted by Gasteiger charge is -2.28. The zero-order valence-electron chi connectivity index (χ0n) is 15.5. The number of esters is 1. The zero-order valence-corrected chi connectivity index (χ0v) is 15.5. The monoisotopic (exact) mass is 377 g/mol. The SMILES string of the molecule is CCOC(=O)C1=C(c2ccc(OC)cc2)OC(N)=C(C#N)[C@@H]1c1cccnc1. The van der Waals surface area contributed by atoms with E-state index in [1.54, 1.807) is 62.8 Å². The minimum absolute atomic E-state index is 0.0600. The minimum atomic E-state index is -0.747. The molecule has 7 heteroatoms. The molecule has 0 saturated heterocycles. The van der Waals surface area contributed by atoms with Crippen LogP contribution in [-0.2, 0) is 14.3 Å². The molecule has 3 rings (SSSR count). The molecule has 1 aromatic carbocycles. The summed E-state index contributed by atoms with van der Waals surface area (Å²) in [7, 11) is 1.56. The van der Waals surface area contributed by atoms with E-state index in [1.165, 1.54) is 0 Å². The molecule has 1 aliphatic heterocycles. The van der Waals surface area contributed by atoms with Gasteiger partial charge >= 0.3 is 5.97 Å². The van der Waals surface area contributed by atoms with Crippen molar-refractivity contribution in [3.8, 4) is 11.8 Å². The number of allylic oxidation sites excluding steroid dienone is 1. The number of carbonyl (C=O) groups is 1. The van der Waals surface area contributed by atoms with Gasteiger partial charge in [-0.1, -0.05) is 6.07 Å². The van der Waals surface area contributed by atoms with Crippen molar-refractivity contribution in [1.82, 2.24) is 4.98 Å². The molecule has 0 aliphatic carbocycles. The lowest BCUT2D eigenvalue weighted by Crippen LogP contribution is -2.26. The van der Waals surface area contributed by atoms with Crippen LogP contribution in [0.4, 0.5) is 0 Å². The van der Waals surface area contributed by atoms with Crippen molar-refractivity contribution in [1.29, 1.82) is 5.26 Å². The van der Waals surface area contributed by atoms with E-state index in [0.29, 0.717) is 16.9 Å². The number of rotatable bonds is 5. The number of pyridine rings is 1. The minimum Gasteiger partial charge on any atom is -0.497 e. The molecule has 2 N–H and O–H groups in total. The van der Waals surface area contributed by atoms with Crippen LogP contribution in [0.15, 0.2) is 65.8 Å². The Morgan fingerprint density at radius 2 is 2.07 bits per heavy atom. The molecule has 0 fully saturated rings. The van der Waals surface area contributed by atoms with Crippen LogP contribution < -0.4 is 10.5 Å². The number of nitriles is 1. The Hall–Kier alpha value is -3.79. The van der Waals surface area contributed by atoms with Gasteiger partial charge in [0.05, 0.1) is 25.2 Å². The Kier molecular flexibility index (Phi) is 5.61. The van der Waals surface area contributed by atoms with Crippen LogP contribution in [0.5, 0.6) is 5.75 Å². The first-order valence-corrected chi connectivity index (χ1v) is 8.63. The van der Waals surface area contributed by atoms with Crippen LogP contribution in [0.1, 0.15) is 24.0 Å². The molecule has 1 aromatic heterocycles. The molecule has 2 heterocycles. The molecule has 7 nitrogen and oxygen atoms in total. The number of carbonyl (C=O) groups excluding carboxylic acids is 1. The number of methoxy groups -OCH3 is 1. The van der Waals surface area contributed by atoms with Crippen molar-refractivity contribution < 1.29 is 19.0 Å². The molecule has 2 aromatic rings. The van der Waals surface area contributed by atoms with Gasteiger partial charge in [-0.25, -0.2) is 4.79 Å². The highest BCUT2D eigenvalue weighted by Gasteiger charge is 2.38. The van der Waals surface area contributed by atoms with E-state index in [1.807, 2.05) is 0 Å². The maximum Gasteiger partial charge on any atom is 0.338 e. The number of ether oxygens (including phenoxy) is 3. The average molecular weight is 377 g/mol. The van der Waals surface area contributed by atoms with Gasteiger partial charge in [0.2, 0.25) is 5.88 Å². The Labute approximate surface area is 162 Å². The number of benzene rings is 1. The van der Waals surface area contributed by atoms with Gasteiger partial charge in [0.25, 0.3) is 0 Å². The van der Waals surface area contributed by atoms with E-state index in [0.717, 1.165) is 0 Å². The molecule has 0 bridgehead atoms. The van der Waals surface area contributed by atoms with Gasteiger partial charge in [-0.05, 0) is 42.8 Å². The highest BCUT2D eigenvalue weighted by molar-refractivity contribution is 5.99. The third-order valence-electron chi connectivity index (χ3n) is 4.29. The topological polar surface area (TPSA) is 107 Å². The van der Waals surface area contributed by atoms with E-state index in [4.69, 9.17) is 19.9 Å². The fourth-order valence-corrected chi connectivity index (χ4v) is 3.01. The quantitative estimate of drug-likeness (QED) is 0.798. The fraction of sp³-hybridized carbons (Fsp3) is 0.190. The van der Waals surface area contributed by atoms with Gasteiger partial charge in [-0.3, -0.25) is 4.98 Å². The molecular weight excluding hydrogens is 358 g/mol. The number of nitrogens with two attached hydrogens (primary N) is 1. The predicted octanol–water partition coefficient (Wildman–Crippen LogP) is 2.87. The lowest BCUT2D eigenvalue weighted by molar-refractivity contribution is -0.138. The second kappa shape index (κ2) is 8.27. The summed E-state index contributed by atoms with van der Waals surface area (Å²) in [6.07, 6.45) is 3.20. The summed E-state index contributed by atoms with van der Waals surface area (Å²) in [6, 6.07) is 12.5. The second-order valence-electron chi connectivity index (χ2n) is 5.90. The van der Waals surface area contributed by atoms with Gasteiger partial charge in [-0.15, -0.1) is 0 Å². The third-order valence-corrected chi connectivity index (χ3v) is 4.29. The maximum absolute atomic E-state index is 12.9. The number of aromatic nitrogens is 1. The van der Waals surface area contributed by atoms with Crippen LogP contribution in [0.25, 0.3) is 5.76 Å². The van der Waals surface area contributed by atoms with Crippen LogP contribution in [0.3, 0.4) is 0 Å². The summed E-state index contributed by atoms with van der Waals surface area (Å²) >= 11 is 0. The fourth-order valence-electron chi connectivity index (χ4n) is 3.01. The van der Waals surface area contributed by atoms with Gasteiger partial charge in [0.15, 0.2) is 0 Å². The summed E-state index contributed by atoms with van der Waals surface area (Å²) in [5, 5.41) is 9.67. The summed E-state index contributed by atoms with van der Waals surface area (Å²) in [6.45, 7) is 1.89. The van der Waals surface area contributed by atoms with E-state index >= 15 is 0 Å². The highest BCUT2D eigenvalue weighted by Crippen LogP contribution is 2.42. The molecule has 1 atom stereocenters. The highest BCUT2D eigenvalue weighted by atomic mass is 16.5. The molecule has 0 radical (unpaired) electrons. The number of hydrogen-bond donors (Lipinski definition) is 1. The lowest BCUT2D eigenvalue weighted by atomic mass is 9.82. The van der Waals surface area contributed by atoms with Crippen molar-refractivity contribution in [2.75, 3.05) is 13.7 Å². The molecule has 0 amide bonds. The van der Waals surface area contributed by atoms with Crippen molar-refractivity contribution in [2.24, 2.45) is 5.73 Å². The Morgan fingerprint density at radius 3 is 2.64 bits per heavy atom. The van der Waals surface area contributed by atoms with Gasteiger partial charge in [-0.2, -0.15) is 5.26 Å². The molecule has 28 heavy (non-hydrogen) atoms. The van der Waals surface area contributed by atoms with Gasteiger partial charge in [0, 0.05) is 18.0 Å². The van der Waals surface area contributed by atoms with Crippen LogP contribution in [0, 0.1) is 11.3 Å². The summed E-state index contributed by atoms with van der Waals surface area (Å²) in [5.41, 5.74) is 7.62. The number of nitrogens with zero attached hydrogens (tertiary/aromatic N) is 2. The standard InChI is InChI=1S/C21H19N3O4/c1-3-27-21(25)18-17(14-5-4-10-24-12-14)16(11-22)20(23)28-19(18)13-6-8-15(26-2)9-7-13/h4-10,12,17H,3,23H2,1-2H3/t17-/m0/s1. The molecule has 1 aliphatic rings. The first-order valence-electron chi connectivity index (χ1n) is 8.63.